The molecule has 0 spiro atoms. The van der Waals surface area contributed by atoms with Crippen molar-refractivity contribution in [2.75, 3.05) is 0 Å². The van der Waals surface area contributed by atoms with Crippen LogP contribution in [0, 0.1) is 11.8 Å². The van der Waals surface area contributed by atoms with Gasteiger partial charge in [0.2, 0.25) is 0 Å². The standard InChI is InChI=1S/C18H32O4/c1-9-17(7,13(3)4)21-15(19)11-12-16(20)22-18(8,10-2)14(5)6/h11-14H,9-10H2,1-8H3/b12-11+. The lowest BCUT2D eigenvalue weighted by Crippen LogP contribution is -2.36. The zero-order valence-electron chi connectivity index (χ0n) is 15.4. The lowest BCUT2D eigenvalue weighted by molar-refractivity contribution is -0.159. The van der Waals surface area contributed by atoms with Crippen molar-refractivity contribution in [3.05, 3.63) is 12.2 Å². The van der Waals surface area contributed by atoms with Crippen molar-refractivity contribution >= 4 is 11.9 Å². The summed E-state index contributed by atoms with van der Waals surface area (Å²) in [4.78, 5) is 23.8. The SMILES string of the molecule is CCC(C)(OC(=O)/C=C/C(=O)OC(C)(CC)C(C)C)C(C)C. The van der Waals surface area contributed by atoms with Crippen LogP contribution < -0.4 is 0 Å². The Bertz CT molecular complexity index is 373. The molecule has 0 radical (unpaired) electrons. The molecule has 0 heterocycles. The molecule has 0 saturated heterocycles. The fourth-order valence-corrected chi connectivity index (χ4v) is 1.86. The molecule has 0 bridgehead atoms. The van der Waals surface area contributed by atoms with E-state index in [-0.39, 0.29) is 11.8 Å². The molecule has 0 aliphatic rings. The van der Waals surface area contributed by atoms with E-state index >= 15 is 0 Å². The van der Waals surface area contributed by atoms with Crippen molar-refractivity contribution in [2.45, 2.75) is 79.4 Å². The quantitative estimate of drug-likeness (QED) is 0.496. The van der Waals surface area contributed by atoms with E-state index < -0.39 is 23.1 Å². The molecule has 2 unspecified atom stereocenters. The van der Waals surface area contributed by atoms with Crippen molar-refractivity contribution in [3.8, 4) is 0 Å². The molecular formula is C18H32O4. The van der Waals surface area contributed by atoms with E-state index in [0.29, 0.717) is 0 Å². The van der Waals surface area contributed by atoms with E-state index in [1.165, 1.54) is 0 Å². The van der Waals surface area contributed by atoms with Crippen LogP contribution in [0.25, 0.3) is 0 Å². The number of carbonyl (C=O) groups is 2. The highest BCUT2D eigenvalue weighted by Crippen LogP contribution is 2.26. The first-order chi connectivity index (χ1) is 10.0. The maximum Gasteiger partial charge on any atom is 0.331 e. The summed E-state index contributed by atoms with van der Waals surface area (Å²) in [6.07, 6.45) is 3.73. The Balaban J connectivity index is 4.72. The third-order valence-corrected chi connectivity index (χ3v) is 4.87. The van der Waals surface area contributed by atoms with Crippen LogP contribution in [-0.4, -0.2) is 23.1 Å². The van der Waals surface area contributed by atoms with E-state index in [9.17, 15) is 9.59 Å². The van der Waals surface area contributed by atoms with Crippen molar-refractivity contribution < 1.29 is 19.1 Å². The predicted molar refractivity (Wildman–Crippen MR) is 88.4 cm³/mol. The highest BCUT2D eigenvalue weighted by molar-refractivity contribution is 5.92. The van der Waals surface area contributed by atoms with Crippen LogP contribution >= 0.6 is 0 Å². The van der Waals surface area contributed by atoms with Crippen molar-refractivity contribution in [2.24, 2.45) is 11.8 Å². The molecule has 4 nitrogen and oxygen atoms in total. The maximum absolute atomic E-state index is 11.9. The largest absolute Gasteiger partial charge is 0.456 e. The molecule has 0 aromatic rings. The van der Waals surface area contributed by atoms with Gasteiger partial charge in [0.05, 0.1) is 0 Å². The first-order valence-electron chi connectivity index (χ1n) is 8.14. The number of hydrogen-bond donors (Lipinski definition) is 0. The Morgan fingerprint density at radius 2 is 1.09 bits per heavy atom. The van der Waals surface area contributed by atoms with E-state index in [1.807, 2.05) is 55.4 Å². The maximum atomic E-state index is 11.9. The summed E-state index contributed by atoms with van der Waals surface area (Å²) in [6.45, 7) is 15.8. The van der Waals surface area contributed by atoms with Gasteiger partial charge in [0.1, 0.15) is 11.2 Å². The smallest absolute Gasteiger partial charge is 0.331 e. The first kappa shape index (κ1) is 20.7. The monoisotopic (exact) mass is 312 g/mol. The van der Waals surface area contributed by atoms with E-state index in [4.69, 9.17) is 9.47 Å². The normalized spacial score (nSPS) is 17.4. The third-order valence-electron chi connectivity index (χ3n) is 4.87. The second-order valence-electron chi connectivity index (χ2n) is 6.82. The molecular weight excluding hydrogens is 280 g/mol. The summed E-state index contributed by atoms with van der Waals surface area (Å²) in [5.74, 6) is -0.632. The summed E-state index contributed by atoms with van der Waals surface area (Å²) in [5.41, 5.74) is -1.05. The molecule has 22 heavy (non-hydrogen) atoms. The van der Waals surface area contributed by atoms with Gasteiger partial charge >= 0.3 is 11.9 Å². The number of hydrogen-bond acceptors (Lipinski definition) is 4. The zero-order chi connectivity index (χ0) is 17.6. The summed E-state index contributed by atoms with van der Waals surface area (Å²) in [7, 11) is 0. The Kier molecular flexibility index (Phi) is 7.85. The van der Waals surface area contributed by atoms with Gasteiger partial charge in [-0.1, -0.05) is 41.5 Å². The van der Waals surface area contributed by atoms with Gasteiger partial charge in [-0.3, -0.25) is 0 Å². The van der Waals surface area contributed by atoms with E-state index in [2.05, 4.69) is 0 Å². The highest BCUT2D eigenvalue weighted by Gasteiger charge is 2.31. The van der Waals surface area contributed by atoms with Crippen LogP contribution in [0.15, 0.2) is 12.2 Å². The minimum absolute atomic E-state index is 0.200. The Labute approximate surface area is 135 Å². The van der Waals surface area contributed by atoms with Crippen LogP contribution in [0.3, 0.4) is 0 Å². The molecule has 4 heteroatoms. The molecule has 0 aliphatic heterocycles. The molecule has 0 N–H and O–H groups in total. The lowest BCUT2D eigenvalue weighted by atomic mass is 9.89. The van der Waals surface area contributed by atoms with Gasteiger partial charge in [0.25, 0.3) is 0 Å². The first-order valence-corrected chi connectivity index (χ1v) is 8.14. The molecule has 0 aliphatic carbocycles. The van der Waals surface area contributed by atoms with Crippen molar-refractivity contribution in [1.82, 2.24) is 0 Å². The summed E-state index contributed by atoms with van der Waals surface area (Å²) in [6, 6.07) is 0. The summed E-state index contributed by atoms with van der Waals surface area (Å²) >= 11 is 0. The molecule has 0 aromatic heterocycles. The van der Waals surface area contributed by atoms with Crippen LogP contribution in [0.4, 0.5) is 0 Å². The number of ether oxygens (including phenoxy) is 2. The third kappa shape index (κ3) is 5.82. The van der Waals surface area contributed by atoms with E-state index in [0.717, 1.165) is 25.0 Å². The molecule has 0 rings (SSSR count). The summed E-state index contributed by atoms with van der Waals surface area (Å²) in [5, 5.41) is 0. The zero-order valence-corrected chi connectivity index (χ0v) is 15.4. The number of rotatable bonds is 8. The minimum Gasteiger partial charge on any atom is -0.456 e. The van der Waals surface area contributed by atoms with Crippen molar-refractivity contribution in [3.63, 3.8) is 0 Å². The topological polar surface area (TPSA) is 52.6 Å². The van der Waals surface area contributed by atoms with Gasteiger partial charge in [-0.05, 0) is 38.5 Å². The Morgan fingerprint density at radius 3 is 1.27 bits per heavy atom. The highest BCUT2D eigenvalue weighted by atomic mass is 16.6. The van der Waals surface area contributed by atoms with Crippen LogP contribution in [0.2, 0.25) is 0 Å². The van der Waals surface area contributed by atoms with Gasteiger partial charge in [-0.25, -0.2) is 9.59 Å². The number of esters is 2. The fraction of sp³-hybridized carbons (Fsp3) is 0.778. The van der Waals surface area contributed by atoms with Gasteiger partial charge in [-0.2, -0.15) is 0 Å². The molecule has 0 aromatic carbocycles. The van der Waals surface area contributed by atoms with Crippen molar-refractivity contribution in [1.29, 1.82) is 0 Å². The van der Waals surface area contributed by atoms with Gasteiger partial charge in [-0.15, -0.1) is 0 Å². The predicted octanol–water partition coefficient (Wildman–Crippen LogP) is 4.28. The second kappa shape index (κ2) is 8.35. The number of carbonyl (C=O) groups excluding carboxylic acids is 2. The van der Waals surface area contributed by atoms with Gasteiger partial charge in [0, 0.05) is 12.2 Å². The average Bonchev–Trinajstić information content (AvgIpc) is 2.44. The summed E-state index contributed by atoms with van der Waals surface area (Å²) < 4.78 is 10.9. The molecule has 0 amide bonds. The molecule has 0 fully saturated rings. The average molecular weight is 312 g/mol. The van der Waals surface area contributed by atoms with Gasteiger partial charge < -0.3 is 9.47 Å². The Morgan fingerprint density at radius 1 is 0.818 bits per heavy atom. The Hall–Kier alpha value is -1.32. The van der Waals surface area contributed by atoms with Gasteiger partial charge in [0.15, 0.2) is 0 Å². The molecule has 0 saturated carbocycles. The minimum atomic E-state index is -0.527. The molecule has 2 atom stereocenters. The van der Waals surface area contributed by atoms with Crippen LogP contribution in [-0.2, 0) is 19.1 Å². The fourth-order valence-electron chi connectivity index (χ4n) is 1.86. The lowest BCUT2D eigenvalue weighted by Gasteiger charge is -2.32. The van der Waals surface area contributed by atoms with E-state index in [1.54, 1.807) is 0 Å². The van der Waals surface area contributed by atoms with Crippen LogP contribution in [0.1, 0.15) is 68.2 Å². The molecule has 128 valence electrons. The second-order valence-corrected chi connectivity index (χ2v) is 6.82. The van der Waals surface area contributed by atoms with Crippen LogP contribution in [0.5, 0.6) is 0 Å².